The fourth-order valence-corrected chi connectivity index (χ4v) is 1.97. The van der Waals surface area contributed by atoms with Gasteiger partial charge in [-0.05, 0) is 25.8 Å². The maximum absolute atomic E-state index is 4.37. The Kier molecular flexibility index (Phi) is 3.19. The number of aryl methyl sites for hydroxylation is 1. The molecule has 3 heteroatoms. The van der Waals surface area contributed by atoms with E-state index >= 15 is 0 Å². The molecule has 0 aromatic carbocycles. The van der Waals surface area contributed by atoms with Gasteiger partial charge < -0.3 is 5.32 Å². The van der Waals surface area contributed by atoms with Gasteiger partial charge in [0.1, 0.15) is 0 Å². The summed E-state index contributed by atoms with van der Waals surface area (Å²) in [6.45, 7) is 4.43. The molecule has 1 aromatic heterocycles. The Bertz CT molecular complexity index is 274. The summed E-state index contributed by atoms with van der Waals surface area (Å²) in [5, 5.41) is 7.86. The first-order chi connectivity index (χ1) is 6.90. The summed E-state index contributed by atoms with van der Waals surface area (Å²) in [5.41, 5.74) is 1.36. The second kappa shape index (κ2) is 4.60. The largest absolute Gasteiger partial charge is 0.310 e. The van der Waals surface area contributed by atoms with Crippen LogP contribution in [0.1, 0.15) is 44.2 Å². The standard InChI is InChI=1S/C11H19N3/c1-2-3-7-14-9-10(8-13-14)11-5-4-6-12-11/h8-9,11-12H,2-7H2,1H3/t11-/m1/s1. The molecular weight excluding hydrogens is 174 g/mol. The minimum atomic E-state index is 0.561. The highest BCUT2D eigenvalue weighted by Gasteiger charge is 2.17. The van der Waals surface area contributed by atoms with Crippen LogP contribution < -0.4 is 5.32 Å². The van der Waals surface area contributed by atoms with Crippen LogP contribution in [0.25, 0.3) is 0 Å². The normalized spacial score (nSPS) is 21.6. The van der Waals surface area contributed by atoms with Crippen molar-refractivity contribution in [2.24, 2.45) is 0 Å². The topological polar surface area (TPSA) is 29.9 Å². The van der Waals surface area contributed by atoms with Gasteiger partial charge >= 0.3 is 0 Å². The Labute approximate surface area is 85.5 Å². The number of hydrogen-bond acceptors (Lipinski definition) is 2. The molecule has 1 N–H and O–H groups in total. The van der Waals surface area contributed by atoms with Crippen molar-refractivity contribution in [3.05, 3.63) is 18.0 Å². The van der Waals surface area contributed by atoms with Crippen LogP contribution in [0.2, 0.25) is 0 Å². The molecule has 14 heavy (non-hydrogen) atoms. The molecule has 1 fully saturated rings. The summed E-state index contributed by atoms with van der Waals surface area (Å²) in [6.07, 6.45) is 9.22. The number of aromatic nitrogens is 2. The van der Waals surface area contributed by atoms with Crippen molar-refractivity contribution < 1.29 is 0 Å². The molecule has 0 radical (unpaired) electrons. The summed E-state index contributed by atoms with van der Waals surface area (Å²) in [7, 11) is 0. The summed E-state index contributed by atoms with van der Waals surface area (Å²) < 4.78 is 2.07. The van der Waals surface area contributed by atoms with Crippen LogP contribution in [0.5, 0.6) is 0 Å². The lowest BCUT2D eigenvalue weighted by Crippen LogP contribution is -2.12. The minimum absolute atomic E-state index is 0.561. The zero-order chi connectivity index (χ0) is 9.80. The van der Waals surface area contributed by atoms with Gasteiger partial charge in [0, 0.05) is 24.3 Å². The molecule has 0 unspecified atom stereocenters. The van der Waals surface area contributed by atoms with Gasteiger partial charge in [0.15, 0.2) is 0 Å². The molecule has 1 aliphatic heterocycles. The van der Waals surface area contributed by atoms with Crippen LogP contribution in [0.3, 0.4) is 0 Å². The Hall–Kier alpha value is -0.830. The van der Waals surface area contributed by atoms with E-state index in [4.69, 9.17) is 0 Å². The van der Waals surface area contributed by atoms with Crippen molar-refractivity contribution in [3.8, 4) is 0 Å². The Morgan fingerprint density at radius 2 is 2.57 bits per heavy atom. The lowest BCUT2D eigenvalue weighted by atomic mass is 10.1. The van der Waals surface area contributed by atoms with Gasteiger partial charge in [-0.1, -0.05) is 13.3 Å². The third-order valence-electron chi connectivity index (χ3n) is 2.86. The maximum atomic E-state index is 4.37. The molecule has 1 aliphatic rings. The molecule has 1 saturated heterocycles. The number of unbranched alkanes of at least 4 members (excludes halogenated alkanes) is 1. The van der Waals surface area contributed by atoms with Crippen LogP contribution in [-0.2, 0) is 6.54 Å². The lowest BCUT2D eigenvalue weighted by molar-refractivity contribution is 0.569. The van der Waals surface area contributed by atoms with Gasteiger partial charge in [0.05, 0.1) is 6.20 Å². The summed E-state index contributed by atoms with van der Waals surface area (Å²) >= 11 is 0. The third-order valence-corrected chi connectivity index (χ3v) is 2.86. The second-order valence-corrected chi connectivity index (χ2v) is 4.04. The predicted octanol–water partition coefficient (Wildman–Crippen LogP) is 2.11. The number of nitrogens with one attached hydrogen (secondary N) is 1. The molecule has 0 bridgehead atoms. The minimum Gasteiger partial charge on any atom is -0.310 e. The smallest absolute Gasteiger partial charge is 0.0537 e. The van der Waals surface area contributed by atoms with Crippen molar-refractivity contribution in [1.82, 2.24) is 15.1 Å². The first kappa shape index (κ1) is 9.71. The van der Waals surface area contributed by atoms with Crippen LogP contribution in [-0.4, -0.2) is 16.3 Å². The molecule has 0 amide bonds. The van der Waals surface area contributed by atoms with Gasteiger partial charge in [-0.3, -0.25) is 4.68 Å². The fourth-order valence-electron chi connectivity index (χ4n) is 1.97. The first-order valence-corrected chi connectivity index (χ1v) is 5.66. The first-order valence-electron chi connectivity index (χ1n) is 5.66. The summed E-state index contributed by atoms with van der Waals surface area (Å²) in [5.74, 6) is 0. The molecule has 1 atom stereocenters. The van der Waals surface area contributed by atoms with Crippen molar-refractivity contribution >= 4 is 0 Å². The third kappa shape index (κ3) is 2.15. The van der Waals surface area contributed by atoms with Crippen LogP contribution in [0.4, 0.5) is 0 Å². The average Bonchev–Trinajstić information content (AvgIpc) is 2.85. The van der Waals surface area contributed by atoms with Gasteiger partial charge in [0.2, 0.25) is 0 Å². The van der Waals surface area contributed by atoms with E-state index in [9.17, 15) is 0 Å². The second-order valence-electron chi connectivity index (χ2n) is 4.04. The fraction of sp³-hybridized carbons (Fsp3) is 0.727. The van der Waals surface area contributed by atoms with E-state index in [-0.39, 0.29) is 0 Å². The molecular formula is C11H19N3. The van der Waals surface area contributed by atoms with Crippen molar-refractivity contribution in [3.63, 3.8) is 0 Å². The molecule has 0 aliphatic carbocycles. The van der Waals surface area contributed by atoms with Crippen LogP contribution in [0.15, 0.2) is 12.4 Å². The zero-order valence-electron chi connectivity index (χ0n) is 8.87. The van der Waals surface area contributed by atoms with E-state index in [1.165, 1.54) is 31.2 Å². The molecule has 0 spiro atoms. The molecule has 2 heterocycles. The van der Waals surface area contributed by atoms with Crippen molar-refractivity contribution in [1.29, 1.82) is 0 Å². The Balaban J connectivity index is 1.94. The van der Waals surface area contributed by atoms with Gasteiger partial charge in [-0.15, -0.1) is 0 Å². The number of rotatable bonds is 4. The van der Waals surface area contributed by atoms with E-state index in [0.717, 1.165) is 13.1 Å². The van der Waals surface area contributed by atoms with Crippen LogP contribution >= 0.6 is 0 Å². The number of nitrogens with zero attached hydrogens (tertiary/aromatic N) is 2. The highest BCUT2D eigenvalue weighted by Crippen LogP contribution is 2.22. The van der Waals surface area contributed by atoms with E-state index in [1.807, 2.05) is 6.20 Å². The Morgan fingerprint density at radius 3 is 3.29 bits per heavy atom. The van der Waals surface area contributed by atoms with E-state index < -0.39 is 0 Å². The van der Waals surface area contributed by atoms with Crippen LogP contribution in [0, 0.1) is 0 Å². The SMILES string of the molecule is CCCCn1cc([C@H]2CCCN2)cn1. The van der Waals surface area contributed by atoms with Gasteiger partial charge in [-0.25, -0.2) is 0 Å². The lowest BCUT2D eigenvalue weighted by Gasteiger charge is -2.05. The molecule has 78 valence electrons. The maximum Gasteiger partial charge on any atom is 0.0537 e. The predicted molar refractivity (Wildman–Crippen MR) is 57.1 cm³/mol. The molecule has 2 rings (SSSR count). The average molecular weight is 193 g/mol. The van der Waals surface area contributed by atoms with E-state index in [1.54, 1.807) is 0 Å². The number of hydrogen-bond donors (Lipinski definition) is 1. The monoisotopic (exact) mass is 193 g/mol. The summed E-state index contributed by atoms with van der Waals surface area (Å²) in [4.78, 5) is 0. The highest BCUT2D eigenvalue weighted by molar-refractivity contribution is 5.11. The molecule has 1 aromatic rings. The Morgan fingerprint density at radius 1 is 1.64 bits per heavy atom. The zero-order valence-corrected chi connectivity index (χ0v) is 8.87. The van der Waals surface area contributed by atoms with Crippen molar-refractivity contribution in [2.75, 3.05) is 6.54 Å². The molecule has 0 saturated carbocycles. The van der Waals surface area contributed by atoms with Gasteiger partial charge in [0.25, 0.3) is 0 Å². The molecule has 3 nitrogen and oxygen atoms in total. The van der Waals surface area contributed by atoms with E-state index in [2.05, 4.69) is 28.2 Å². The quantitative estimate of drug-likeness (QED) is 0.793. The highest BCUT2D eigenvalue weighted by atomic mass is 15.3. The summed E-state index contributed by atoms with van der Waals surface area (Å²) in [6, 6.07) is 0.561. The van der Waals surface area contributed by atoms with Gasteiger partial charge in [-0.2, -0.15) is 5.10 Å². The van der Waals surface area contributed by atoms with E-state index in [0.29, 0.717) is 6.04 Å². The van der Waals surface area contributed by atoms with Crippen molar-refractivity contribution in [2.45, 2.75) is 45.2 Å².